The van der Waals surface area contributed by atoms with E-state index in [0.717, 1.165) is 0 Å². The Morgan fingerprint density at radius 2 is 2.24 bits per heavy atom. The molecule has 1 heterocycles. The van der Waals surface area contributed by atoms with E-state index in [9.17, 15) is 9.59 Å². The summed E-state index contributed by atoms with van der Waals surface area (Å²) in [6.45, 7) is 10.0. The Hall–Kier alpha value is -1.32. The van der Waals surface area contributed by atoms with Crippen molar-refractivity contribution in [3.05, 3.63) is 12.7 Å². The summed E-state index contributed by atoms with van der Waals surface area (Å²) in [5.74, 6) is 0.0958. The van der Waals surface area contributed by atoms with E-state index in [4.69, 9.17) is 4.74 Å². The molecule has 0 aromatic rings. The molecule has 1 amide bonds. The quantitative estimate of drug-likeness (QED) is 0.695. The van der Waals surface area contributed by atoms with Gasteiger partial charge in [0.2, 0.25) is 0 Å². The van der Waals surface area contributed by atoms with Gasteiger partial charge in [0.05, 0.1) is 0 Å². The van der Waals surface area contributed by atoms with E-state index in [2.05, 4.69) is 6.58 Å². The first-order valence-corrected chi connectivity index (χ1v) is 5.95. The number of allylic oxidation sites excluding steroid dienone is 1. The monoisotopic (exact) mass is 239 g/mol. The molecule has 17 heavy (non-hydrogen) atoms. The third-order valence-electron chi connectivity index (χ3n) is 2.63. The van der Waals surface area contributed by atoms with Gasteiger partial charge in [0.15, 0.2) is 0 Å². The van der Waals surface area contributed by atoms with Crippen molar-refractivity contribution < 1.29 is 14.3 Å². The van der Waals surface area contributed by atoms with E-state index >= 15 is 0 Å². The highest BCUT2D eigenvalue weighted by atomic mass is 16.6. The zero-order valence-electron chi connectivity index (χ0n) is 10.9. The second-order valence-electron chi connectivity index (χ2n) is 5.36. The number of ketones is 1. The number of hydrogen-bond donors (Lipinski definition) is 0. The summed E-state index contributed by atoms with van der Waals surface area (Å²) in [4.78, 5) is 25.1. The molecule has 1 aliphatic rings. The van der Waals surface area contributed by atoms with Gasteiger partial charge in [-0.15, -0.1) is 6.58 Å². The lowest BCUT2D eigenvalue weighted by Crippen LogP contribution is -2.46. The second kappa shape index (κ2) is 5.34. The number of likely N-dealkylation sites (tertiary alicyclic amines) is 1. The van der Waals surface area contributed by atoms with Crippen molar-refractivity contribution in [1.82, 2.24) is 4.90 Å². The van der Waals surface area contributed by atoms with Crippen molar-refractivity contribution in [1.29, 1.82) is 0 Å². The molecule has 1 atom stereocenters. The van der Waals surface area contributed by atoms with Gasteiger partial charge < -0.3 is 9.64 Å². The molecular weight excluding hydrogens is 218 g/mol. The predicted octanol–water partition coefficient (Wildman–Crippen LogP) is 2.39. The highest BCUT2D eigenvalue weighted by Gasteiger charge is 2.31. The Morgan fingerprint density at radius 1 is 1.59 bits per heavy atom. The number of ether oxygens (including phenoxy) is 1. The molecule has 1 aliphatic heterocycles. The number of Topliss-reactive ketones (excluding diaryl/α,β-unsaturated/α-hetero) is 1. The first-order chi connectivity index (χ1) is 7.83. The third kappa shape index (κ3) is 4.21. The van der Waals surface area contributed by atoms with Crippen LogP contribution >= 0.6 is 0 Å². The molecule has 4 nitrogen and oxygen atoms in total. The fraction of sp³-hybridized carbons (Fsp3) is 0.692. The highest BCUT2D eigenvalue weighted by molar-refractivity contribution is 5.84. The van der Waals surface area contributed by atoms with Crippen LogP contribution in [0.5, 0.6) is 0 Å². The maximum absolute atomic E-state index is 11.8. The van der Waals surface area contributed by atoms with Crippen LogP contribution in [0.15, 0.2) is 12.7 Å². The highest BCUT2D eigenvalue weighted by Crippen LogP contribution is 2.19. The van der Waals surface area contributed by atoms with Crippen LogP contribution < -0.4 is 0 Å². The Kier molecular flexibility index (Phi) is 4.32. The minimum atomic E-state index is -0.494. The van der Waals surface area contributed by atoms with Crippen molar-refractivity contribution in [3.63, 3.8) is 0 Å². The average molecular weight is 239 g/mol. The van der Waals surface area contributed by atoms with Gasteiger partial charge in [0.25, 0.3) is 0 Å². The maximum Gasteiger partial charge on any atom is 0.410 e. The van der Waals surface area contributed by atoms with Crippen molar-refractivity contribution >= 4 is 11.9 Å². The molecule has 1 saturated heterocycles. The van der Waals surface area contributed by atoms with E-state index in [0.29, 0.717) is 25.9 Å². The van der Waals surface area contributed by atoms with Gasteiger partial charge in [0.1, 0.15) is 11.4 Å². The summed E-state index contributed by atoms with van der Waals surface area (Å²) >= 11 is 0. The minimum Gasteiger partial charge on any atom is -0.444 e. The molecular formula is C13H21NO3. The Morgan fingerprint density at radius 3 is 2.76 bits per heavy atom. The van der Waals surface area contributed by atoms with Gasteiger partial charge in [-0.2, -0.15) is 0 Å². The largest absolute Gasteiger partial charge is 0.444 e. The van der Waals surface area contributed by atoms with Crippen molar-refractivity contribution in [2.75, 3.05) is 13.1 Å². The molecule has 0 bridgehead atoms. The van der Waals surface area contributed by atoms with Crippen LogP contribution in [0, 0.1) is 5.92 Å². The molecule has 0 aliphatic carbocycles. The predicted molar refractivity (Wildman–Crippen MR) is 65.7 cm³/mol. The maximum atomic E-state index is 11.8. The molecule has 96 valence electrons. The SMILES string of the molecule is C=CCC1CN(C(=O)OC(C)(C)C)CCC1=O. The Bertz CT molecular complexity index is 317. The first kappa shape index (κ1) is 13.7. The van der Waals surface area contributed by atoms with Crippen molar-refractivity contribution in [2.45, 2.75) is 39.2 Å². The third-order valence-corrected chi connectivity index (χ3v) is 2.63. The van der Waals surface area contributed by atoms with Crippen LogP contribution in [0.2, 0.25) is 0 Å². The van der Waals surface area contributed by atoms with Gasteiger partial charge in [-0.05, 0) is 27.2 Å². The molecule has 1 rings (SSSR count). The van der Waals surface area contributed by atoms with E-state index in [1.54, 1.807) is 11.0 Å². The lowest BCUT2D eigenvalue weighted by molar-refractivity contribution is -0.125. The molecule has 4 heteroatoms. The van der Waals surface area contributed by atoms with E-state index in [1.165, 1.54) is 0 Å². The molecule has 0 N–H and O–H groups in total. The normalized spacial score (nSPS) is 21.2. The zero-order valence-corrected chi connectivity index (χ0v) is 10.9. The lowest BCUT2D eigenvalue weighted by atomic mass is 9.94. The summed E-state index contributed by atoms with van der Waals surface area (Å²) in [5.41, 5.74) is -0.494. The van der Waals surface area contributed by atoms with Gasteiger partial charge in [-0.1, -0.05) is 6.08 Å². The first-order valence-electron chi connectivity index (χ1n) is 5.95. The van der Waals surface area contributed by atoms with E-state index in [-0.39, 0.29) is 17.8 Å². The molecule has 1 unspecified atom stereocenters. The average Bonchev–Trinajstić information content (AvgIpc) is 2.19. The molecule has 0 aromatic carbocycles. The standard InChI is InChI=1S/C13H21NO3/c1-5-6-10-9-14(8-7-11(10)15)12(16)17-13(2,3)4/h5,10H,1,6-9H2,2-4H3. The molecule has 1 fully saturated rings. The number of carbonyl (C=O) groups excluding carboxylic acids is 2. The number of amides is 1. The summed E-state index contributed by atoms with van der Waals surface area (Å²) in [6, 6.07) is 0. The molecule has 0 saturated carbocycles. The number of hydrogen-bond acceptors (Lipinski definition) is 3. The van der Waals surface area contributed by atoms with Gasteiger partial charge in [0, 0.05) is 25.4 Å². The van der Waals surface area contributed by atoms with Crippen LogP contribution in [0.1, 0.15) is 33.6 Å². The van der Waals surface area contributed by atoms with Crippen LogP contribution in [0.4, 0.5) is 4.79 Å². The number of carbonyl (C=O) groups is 2. The lowest BCUT2D eigenvalue weighted by Gasteiger charge is -2.33. The van der Waals surface area contributed by atoms with Crippen LogP contribution in [0.3, 0.4) is 0 Å². The summed E-state index contributed by atoms with van der Waals surface area (Å²) in [7, 11) is 0. The zero-order chi connectivity index (χ0) is 13.1. The van der Waals surface area contributed by atoms with Gasteiger partial charge >= 0.3 is 6.09 Å². The van der Waals surface area contributed by atoms with Crippen molar-refractivity contribution in [3.8, 4) is 0 Å². The van der Waals surface area contributed by atoms with Gasteiger partial charge in [-0.25, -0.2) is 4.79 Å². The smallest absolute Gasteiger partial charge is 0.410 e. The molecule has 0 radical (unpaired) electrons. The Balaban J connectivity index is 2.58. The molecule has 0 spiro atoms. The Labute approximate surface area is 103 Å². The van der Waals surface area contributed by atoms with E-state index < -0.39 is 5.60 Å². The second-order valence-corrected chi connectivity index (χ2v) is 5.36. The summed E-state index contributed by atoms with van der Waals surface area (Å²) < 4.78 is 5.29. The topological polar surface area (TPSA) is 46.6 Å². The summed E-state index contributed by atoms with van der Waals surface area (Å²) in [6.07, 6.45) is 2.43. The fourth-order valence-corrected chi connectivity index (χ4v) is 1.81. The van der Waals surface area contributed by atoms with E-state index in [1.807, 2.05) is 20.8 Å². The van der Waals surface area contributed by atoms with Crippen molar-refractivity contribution in [2.24, 2.45) is 5.92 Å². The number of nitrogens with zero attached hydrogens (tertiary/aromatic N) is 1. The van der Waals surface area contributed by atoms with Crippen LogP contribution in [-0.2, 0) is 9.53 Å². The van der Waals surface area contributed by atoms with Gasteiger partial charge in [-0.3, -0.25) is 4.79 Å². The van der Waals surface area contributed by atoms with Crippen LogP contribution in [0.25, 0.3) is 0 Å². The fourth-order valence-electron chi connectivity index (χ4n) is 1.81. The summed E-state index contributed by atoms with van der Waals surface area (Å²) in [5, 5.41) is 0. The number of piperidine rings is 1. The molecule has 0 aromatic heterocycles. The minimum absolute atomic E-state index is 0.117. The van der Waals surface area contributed by atoms with Crippen LogP contribution in [-0.4, -0.2) is 35.5 Å². The number of rotatable bonds is 2.